The van der Waals surface area contributed by atoms with E-state index in [1.54, 1.807) is 11.3 Å². The minimum atomic E-state index is -0.630. The lowest BCUT2D eigenvalue weighted by atomic mass is 9.84. The highest BCUT2D eigenvalue weighted by Crippen LogP contribution is 2.37. The fourth-order valence-corrected chi connectivity index (χ4v) is 3.70. The molecule has 0 bridgehead atoms. The minimum Gasteiger partial charge on any atom is -0.385 e. The van der Waals surface area contributed by atoms with Crippen molar-refractivity contribution in [1.82, 2.24) is 0 Å². The summed E-state index contributed by atoms with van der Waals surface area (Å²) in [4.78, 5) is 3.60. The van der Waals surface area contributed by atoms with E-state index in [1.807, 2.05) is 6.07 Å². The van der Waals surface area contributed by atoms with E-state index in [9.17, 15) is 5.11 Å². The predicted molar refractivity (Wildman–Crippen MR) is 80.8 cm³/mol. The second-order valence-electron chi connectivity index (χ2n) is 5.24. The van der Waals surface area contributed by atoms with Crippen molar-refractivity contribution in [3.8, 4) is 0 Å². The van der Waals surface area contributed by atoms with Crippen LogP contribution in [0.3, 0.4) is 0 Å². The molecule has 1 N–H and O–H groups in total. The Morgan fingerprint density at radius 1 is 1.11 bits per heavy atom. The third kappa shape index (κ3) is 2.40. The van der Waals surface area contributed by atoms with E-state index < -0.39 is 5.60 Å². The number of aryl methyl sites for hydroxylation is 1. The molecule has 0 atom stereocenters. The lowest BCUT2D eigenvalue weighted by Crippen LogP contribution is -2.42. The number of benzene rings is 1. The Bertz CT molecular complexity index is 541. The van der Waals surface area contributed by atoms with E-state index in [0.29, 0.717) is 0 Å². The molecule has 2 aromatic rings. The second-order valence-corrected chi connectivity index (χ2v) is 6.36. The van der Waals surface area contributed by atoms with Gasteiger partial charge in [-0.05, 0) is 48.9 Å². The van der Waals surface area contributed by atoms with Crippen LogP contribution in [0.4, 0.5) is 5.69 Å². The Hall–Kier alpha value is -1.32. The third-order valence-corrected chi connectivity index (χ3v) is 4.92. The average Bonchev–Trinajstić information content (AvgIpc) is 2.88. The Balaban J connectivity index is 1.75. The van der Waals surface area contributed by atoms with Crippen LogP contribution in [-0.4, -0.2) is 18.2 Å². The van der Waals surface area contributed by atoms with Crippen molar-refractivity contribution >= 4 is 17.0 Å². The van der Waals surface area contributed by atoms with Crippen molar-refractivity contribution in [1.29, 1.82) is 0 Å². The van der Waals surface area contributed by atoms with Crippen LogP contribution in [0.25, 0.3) is 0 Å². The van der Waals surface area contributed by atoms with Crippen LogP contribution < -0.4 is 4.90 Å². The predicted octanol–water partition coefficient (Wildman–Crippen LogP) is 3.54. The van der Waals surface area contributed by atoms with E-state index in [-0.39, 0.29) is 0 Å². The molecule has 19 heavy (non-hydrogen) atoms. The quantitative estimate of drug-likeness (QED) is 0.904. The zero-order valence-corrected chi connectivity index (χ0v) is 12.0. The lowest BCUT2D eigenvalue weighted by Gasteiger charge is -2.39. The number of rotatable bonds is 2. The number of hydrogen-bond acceptors (Lipinski definition) is 3. The first kappa shape index (κ1) is 12.7. The SMILES string of the molecule is Cc1sccc1C1(O)CCN(c2ccccc2)CC1. The molecule has 0 radical (unpaired) electrons. The first-order valence-corrected chi connectivity index (χ1v) is 7.64. The normalized spacial score (nSPS) is 18.5. The van der Waals surface area contributed by atoms with Gasteiger partial charge in [0.25, 0.3) is 0 Å². The van der Waals surface area contributed by atoms with Gasteiger partial charge in [-0.3, -0.25) is 0 Å². The van der Waals surface area contributed by atoms with E-state index >= 15 is 0 Å². The van der Waals surface area contributed by atoms with Crippen LogP contribution in [-0.2, 0) is 5.60 Å². The number of para-hydroxylation sites is 1. The molecule has 0 spiro atoms. The number of aliphatic hydroxyl groups is 1. The maximum Gasteiger partial charge on any atom is 0.0940 e. The zero-order chi connectivity index (χ0) is 13.3. The number of piperidine rings is 1. The molecule has 3 heteroatoms. The number of nitrogens with zero attached hydrogens (tertiary/aromatic N) is 1. The smallest absolute Gasteiger partial charge is 0.0940 e. The molecular weight excluding hydrogens is 254 g/mol. The molecule has 0 amide bonds. The van der Waals surface area contributed by atoms with Gasteiger partial charge < -0.3 is 10.0 Å². The maximum absolute atomic E-state index is 10.9. The highest BCUT2D eigenvalue weighted by atomic mass is 32.1. The van der Waals surface area contributed by atoms with Gasteiger partial charge in [-0.1, -0.05) is 18.2 Å². The van der Waals surface area contributed by atoms with Gasteiger partial charge in [0.2, 0.25) is 0 Å². The lowest BCUT2D eigenvalue weighted by molar-refractivity contribution is 0.0117. The molecule has 2 nitrogen and oxygen atoms in total. The van der Waals surface area contributed by atoms with Gasteiger partial charge in [0.1, 0.15) is 0 Å². The summed E-state index contributed by atoms with van der Waals surface area (Å²) in [6, 6.07) is 12.5. The van der Waals surface area contributed by atoms with Crippen LogP contribution >= 0.6 is 11.3 Å². The Labute approximate surface area is 118 Å². The highest BCUT2D eigenvalue weighted by Gasteiger charge is 2.35. The summed E-state index contributed by atoms with van der Waals surface area (Å²) in [7, 11) is 0. The zero-order valence-electron chi connectivity index (χ0n) is 11.2. The van der Waals surface area contributed by atoms with Crippen LogP contribution in [0.2, 0.25) is 0 Å². The summed E-state index contributed by atoms with van der Waals surface area (Å²) in [6.45, 7) is 3.92. The van der Waals surface area contributed by atoms with Crippen LogP contribution in [0.1, 0.15) is 23.3 Å². The van der Waals surface area contributed by atoms with Gasteiger partial charge in [0, 0.05) is 23.7 Å². The molecule has 3 rings (SSSR count). The number of hydrogen-bond donors (Lipinski definition) is 1. The first-order chi connectivity index (χ1) is 9.19. The van der Waals surface area contributed by atoms with E-state index in [1.165, 1.54) is 10.6 Å². The van der Waals surface area contributed by atoms with Gasteiger partial charge in [-0.2, -0.15) is 0 Å². The molecule has 0 unspecified atom stereocenters. The van der Waals surface area contributed by atoms with Gasteiger partial charge in [0.15, 0.2) is 0 Å². The maximum atomic E-state index is 10.9. The number of thiophene rings is 1. The summed E-state index contributed by atoms with van der Waals surface area (Å²) in [5, 5.41) is 12.9. The molecule has 1 aromatic heterocycles. The fourth-order valence-electron chi connectivity index (χ4n) is 2.91. The Morgan fingerprint density at radius 2 is 1.79 bits per heavy atom. The second kappa shape index (κ2) is 4.99. The van der Waals surface area contributed by atoms with Gasteiger partial charge in [0.05, 0.1) is 5.60 Å². The summed E-state index contributed by atoms with van der Waals surface area (Å²) in [5.74, 6) is 0. The standard InChI is InChI=1S/C16H19NOS/c1-13-15(7-12-19-13)16(18)8-10-17(11-9-16)14-5-3-2-4-6-14/h2-7,12,18H,8-11H2,1H3. The van der Waals surface area contributed by atoms with Gasteiger partial charge >= 0.3 is 0 Å². The van der Waals surface area contributed by atoms with Crippen LogP contribution in [0, 0.1) is 6.92 Å². The van der Waals surface area contributed by atoms with E-state index in [0.717, 1.165) is 31.5 Å². The van der Waals surface area contributed by atoms with E-state index in [4.69, 9.17) is 0 Å². The van der Waals surface area contributed by atoms with Crippen molar-refractivity contribution in [2.24, 2.45) is 0 Å². The largest absolute Gasteiger partial charge is 0.385 e. The molecule has 100 valence electrons. The molecule has 0 saturated carbocycles. The molecule has 1 aliphatic heterocycles. The highest BCUT2D eigenvalue weighted by molar-refractivity contribution is 7.10. The first-order valence-electron chi connectivity index (χ1n) is 6.76. The van der Waals surface area contributed by atoms with Crippen LogP contribution in [0.15, 0.2) is 41.8 Å². The van der Waals surface area contributed by atoms with Crippen molar-refractivity contribution < 1.29 is 5.11 Å². The molecule has 2 heterocycles. The monoisotopic (exact) mass is 273 g/mol. The van der Waals surface area contributed by atoms with Crippen molar-refractivity contribution in [2.45, 2.75) is 25.4 Å². The number of anilines is 1. The van der Waals surface area contributed by atoms with Gasteiger partial charge in [-0.25, -0.2) is 0 Å². The summed E-state index contributed by atoms with van der Waals surface area (Å²) in [5.41, 5.74) is 1.76. The van der Waals surface area contributed by atoms with E-state index in [2.05, 4.69) is 47.5 Å². The van der Waals surface area contributed by atoms with Crippen LogP contribution in [0.5, 0.6) is 0 Å². The minimum absolute atomic E-state index is 0.630. The van der Waals surface area contributed by atoms with Crippen molar-refractivity contribution in [2.75, 3.05) is 18.0 Å². The summed E-state index contributed by atoms with van der Waals surface area (Å²) < 4.78 is 0. The summed E-state index contributed by atoms with van der Waals surface area (Å²) >= 11 is 1.72. The molecule has 1 saturated heterocycles. The third-order valence-electron chi connectivity index (χ3n) is 4.07. The van der Waals surface area contributed by atoms with Gasteiger partial charge in [-0.15, -0.1) is 11.3 Å². The topological polar surface area (TPSA) is 23.5 Å². The summed E-state index contributed by atoms with van der Waals surface area (Å²) in [6.07, 6.45) is 1.61. The molecular formula is C16H19NOS. The molecule has 1 fully saturated rings. The average molecular weight is 273 g/mol. The molecule has 1 aliphatic rings. The Kier molecular flexibility index (Phi) is 3.33. The molecule has 1 aromatic carbocycles. The van der Waals surface area contributed by atoms with Crippen molar-refractivity contribution in [3.63, 3.8) is 0 Å². The Morgan fingerprint density at radius 3 is 2.37 bits per heavy atom. The van der Waals surface area contributed by atoms with Crippen molar-refractivity contribution in [3.05, 3.63) is 52.2 Å². The molecule has 0 aliphatic carbocycles. The fraction of sp³-hybridized carbons (Fsp3) is 0.375.